The largest absolute Gasteiger partial charge is 0.348 e. The molecule has 1 N–H and O–H groups in total. The zero-order valence-electron chi connectivity index (χ0n) is 19.3. The lowest BCUT2D eigenvalue weighted by molar-refractivity contribution is -0.116. The minimum Gasteiger partial charge on any atom is -0.348 e. The number of hydrogen-bond donors (Lipinski definition) is 1. The van der Waals surface area contributed by atoms with E-state index in [0.29, 0.717) is 13.1 Å². The molecule has 0 aliphatic carbocycles. The Morgan fingerprint density at radius 3 is 2.30 bits per heavy atom. The first-order valence-electron chi connectivity index (χ1n) is 11.1. The van der Waals surface area contributed by atoms with Crippen molar-refractivity contribution in [2.45, 2.75) is 40.4 Å². The first kappa shape index (κ1) is 22.3. The van der Waals surface area contributed by atoms with Crippen molar-refractivity contribution in [1.29, 1.82) is 0 Å². The van der Waals surface area contributed by atoms with Crippen LogP contribution in [0, 0.1) is 20.8 Å². The second-order valence-corrected chi connectivity index (χ2v) is 8.33. The van der Waals surface area contributed by atoms with Gasteiger partial charge in [0, 0.05) is 42.8 Å². The van der Waals surface area contributed by atoms with Crippen LogP contribution in [0.1, 0.15) is 39.2 Å². The Kier molecular flexibility index (Phi) is 6.83. The van der Waals surface area contributed by atoms with Crippen LogP contribution >= 0.6 is 0 Å². The van der Waals surface area contributed by atoms with Gasteiger partial charge in [-0.1, -0.05) is 54.1 Å². The summed E-state index contributed by atoms with van der Waals surface area (Å²) in [7, 11) is 0. The highest BCUT2D eigenvalue weighted by Gasteiger charge is 2.10. The van der Waals surface area contributed by atoms with E-state index in [2.05, 4.69) is 58.7 Å². The Hall–Kier alpha value is -3.93. The summed E-state index contributed by atoms with van der Waals surface area (Å²) in [6.07, 6.45) is 8.95. The second kappa shape index (κ2) is 10.1. The van der Waals surface area contributed by atoms with E-state index < -0.39 is 0 Å². The van der Waals surface area contributed by atoms with Gasteiger partial charge < -0.3 is 9.88 Å². The summed E-state index contributed by atoms with van der Waals surface area (Å²) in [5, 5.41) is 7.62. The lowest BCUT2D eigenvalue weighted by atomic mass is 10.1. The molecule has 0 unspecified atom stereocenters. The van der Waals surface area contributed by atoms with Crippen molar-refractivity contribution in [3.8, 4) is 0 Å². The molecule has 168 valence electrons. The summed E-state index contributed by atoms with van der Waals surface area (Å²) in [4.78, 5) is 16.4. The molecule has 4 rings (SSSR count). The van der Waals surface area contributed by atoms with Crippen LogP contribution in [-0.4, -0.2) is 25.2 Å². The van der Waals surface area contributed by atoms with E-state index in [0.717, 1.165) is 29.1 Å². The Morgan fingerprint density at radius 2 is 1.61 bits per heavy atom. The van der Waals surface area contributed by atoms with Gasteiger partial charge >= 0.3 is 0 Å². The smallest absolute Gasteiger partial charge is 0.244 e. The molecule has 0 spiro atoms. The monoisotopic (exact) mass is 439 g/mol. The van der Waals surface area contributed by atoms with E-state index >= 15 is 0 Å². The van der Waals surface area contributed by atoms with Crippen LogP contribution < -0.4 is 5.32 Å². The molecule has 0 atom stereocenters. The Bertz CT molecular complexity index is 1230. The number of carbonyl (C=O) groups is 1. The zero-order chi connectivity index (χ0) is 23.2. The van der Waals surface area contributed by atoms with Crippen LogP contribution in [0.4, 0.5) is 0 Å². The molecule has 1 amide bonds. The predicted octanol–water partition coefficient (Wildman–Crippen LogP) is 4.43. The molecular formula is C27H29N5O. The third-order valence-corrected chi connectivity index (χ3v) is 5.71. The van der Waals surface area contributed by atoms with Crippen LogP contribution in [0.15, 0.2) is 73.3 Å². The lowest BCUT2D eigenvalue weighted by Crippen LogP contribution is -2.20. The van der Waals surface area contributed by atoms with Crippen LogP contribution in [0.5, 0.6) is 0 Å². The van der Waals surface area contributed by atoms with Crippen molar-refractivity contribution in [2.75, 3.05) is 0 Å². The number of nitrogens with one attached hydrogen (secondary N) is 1. The molecule has 0 fully saturated rings. The van der Waals surface area contributed by atoms with Gasteiger partial charge in [0.2, 0.25) is 5.91 Å². The van der Waals surface area contributed by atoms with Crippen LogP contribution in [0.25, 0.3) is 6.08 Å². The molecule has 0 bridgehead atoms. The molecule has 33 heavy (non-hydrogen) atoms. The van der Waals surface area contributed by atoms with Crippen LogP contribution in [-0.2, 0) is 24.4 Å². The number of aryl methyl sites for hydroxylation is 2. The maximum absolute atomic E-state index is 12.4. The molecule has 0 saturated carbocycles. The van der Waals surface area contributed by atoms with E-state index in [9.17, 15) is 4.79 Å². The van der Waals surface area contributed by atoms with Crippen molar-refractivity contribution < 1.29 is 4.79 Å². The van der Waals surface area contributed by atoms with Crippen molar-refractivity contribution in [3.05, 3.63) is 113 Å². The number of nitrogens with zero attached hydrogens (tertiary/aromatic N) is 4. The minimum absolute atomic E-state index is 0.123. The summed E-state index contributed by atoms with van der Waals surface area (Å²) < 4.78 is 4.01. The number of rotatable bonds is 8. The van der Waals surface area contributed by atoms with Crippen molar-refractivity contribution in [1.82, 2.24) is 24.6 Å². The fraction of sp³-hybridized carbons (Fsp3) is 0.222. The number of hydrogen-bond acceptors (Lipinski definition) is 3. The van der Waals surface area contributed by atoms with E-state index in [1.165, 1.54) is 16.7 Å². The Morgan fingerprint density at radius 1 is 0.939 bits per heavy atom. The van der Waals surface area contributed by atoms with Crippen molar-refractivity contribution in [2.24, 2.45) is 0 Å². The third kappa shape index (κ3) is 5.86. The number of carbonyl (C=O) groups excluding carboxylic acids is 1. The number of amides is 1. The molecule has 6 nitrogen and oxygen atoms in total. The number of benzene rings is 2. The van der Waals surface area contributed by atoms with E-state index in [1.807, 2.05) is 47.5 Å². The molecule has 2 aromatic carbocycles. The summed E-state index contributed by atoms with van der Waals surface area (Å²) >= 11 is 0. The Labute approximate surface area is 194 Å². The van der Waals surface area contributed by atoms with E-state index in [1.54, 1.807) is 18.6 Å². The molecule has 2 heterocycles. The van der Waals surface area contributed by atoms with Gasteiger partial charge in [-0.15, -0.1) is 0 Å². The van der Waals surface area contributed by atoms with Gasteiger partial charge in [-0.2, -0.15) is 5.10 Å². The topological polar surface area (TPSA) is 64.7 Å². The fourth-order valence-electron chi connectivity index (χ4n) is 3.73. The van der Waals surface area contributed by atoms with Crippen LogP contribution in [0.3, 0.4) is 0 Å². The van der Waals surface area contributed by atoms with Gasteiger partial charge in [-0.3, -0.25) is 9.48 Å². The molecule has 0 saturated heterocycles. The summed E-state index contributed by atoms with van der Waals surface area (Å²) in [5.41, 5.74) is 7.65. The predicted molar refractivity (Wildman–Crippen MR) is 131 cm³/mol. The highest BCUT2D eigenvalue weighted by molar-refractivity contribution is 5.91. The average Bonchev–Trinajstić information content (AvgIpc) is 3.41. The highest BCUT2D eigenvalue weighted by atomic mass is 16.1. The van der Waals surface area contributed by atoms with Crippen LogP contribution in [0.2, 0.25) is 0 Å². The van der Waals surface area contributed by atoms with Gasteiger partial charge in [-0.05, 0) is 43.5 Å². The maximum atomic E-state index is 12.4. The fourth-order valence-corrected chi connectivity index (χ4v) is 3.73. The average molecular weight is 440 g/mol. The summed E-state index contributed by atoms with van der Waals surface area (Å²) in [6.45, 7) is 8.08. The first-order valence-corrected chi connectivity index (χ1v) is 11.1. The normalized spacial score (nSPS) is 11.2. The highest BCUT2D eigenvalue weighted by Crippen LogP contribution is 2.17. The maximum Gasteiger partial charge on any atom is 0.244 e. The standard InChI is InChI=1S/C27H29N5O/c1-20-4-6-25(7-5-20)18-32-22(3)26(21(2)30-32)12-13-27(33)29-16-23-8-10-24(11-9-23)17-31-15-14-28-19-31/h4-15,19H,16-18H2,1-3H3,(H,29,33)/b13-12+. The van der Waals surface area contributed by atoms with Crippen molar-refractivity contribution >= 4 is 12.0 Å². The second-order valence-electron chi connectivity index (χ2n) is 8.33. The summed E-state index contributed by atoms with van der Waals surface area (Å²) in [6, 6.07) is 16.7. The van der Waals surface area contributed by atoms with Gasteiger partial charge in [0.25, 0.3) is 0 Å². The first-order chi connectivity index (χ1) is 16.0. The van der Waals surface area contributed by atoms with Gasteiger partial charge in [0.1, 0.15) is 0 Å². The van der Waals surface area contributed by atoms with Crippen molar-refractivity contribution in [3.63, 3.8) is 0 Å². The quantitative estimate of drug-likeness (QED) is 0.413. The van der Waals surface area contributed by atoms with Gasteiger partial charge in [0.05, 0.1) is 18.6 Å². The van der Waals surface area contributed by atoms with Gasteiger partial charge in [-0.25, -0.2) is 4.98 Å². The molecule has 0 aliphatic heterocycles. The molecule has 4 aromatic rings. The third-order valence-electron chi connectivity index (χ3n) is 5.71. The summed E-state index contributed by atoms with van der Waals surface area (Å²) in [5.74, 6) is -0.123. The lowest BCUT2D eigenvalue weighted by Gasteiger charge is -2.06. The SMILES string of the molecule is Cc1ccc(Cn2nc(C)c(/C=C/C(=O)NCc3ccc(Cn4ccnc4)cc3)c2C)cc1. The molecule has 2 aromatic heterocycles. The van der Waals surface area contributed by atoms with E-state index in [4.69, 9.17) is 0 Å². The Balaban J connectivity index is 1.33. The number of imidazole rings is 1. The molecule has 6 heteroatoms. The molecular weight excluding hydrogens is 410 g/mol. The van der Waals surface area contributed by atoms with E-state index in [-0.39, 0.29) is 5.91 Å². The zero-order valence-corrected chi connectivity index (χ0v) is 19.3. The minimum atomic E-state index is -0.123. The molecule has 0 aliphatic rings. The number of aromatic nitrogens is 4. The van der Waals surface area contributed by atoms with Gasteiger partial charge in [0.15, 0.2) is 0 Å². The molecule has 0 radical (unpaired) electrons.